The highest BCUT2D eigenvalue weighted by Crippen LogP contribution is 2.31. The lowest BCUT2D eigenvalue weighted by Crippen LogP contribution is -2.58. The minimum atomic E-state index is -1.39. The lowest BCUT2D eigenvalue weighted by Gasteiger charge is -2.47. The van der Waals surface area contributed by atoms with E-state index in [2.05, 4.69) is 36.9 Å². The summed E-state index contributed by atoms with van der Waals surface area (Å²) in [5.74, 6) is -0.877. The number of nitrogens with zero attached hydrogens (tertiary/aromatic N) is 5. The molecule has 42 heavy (non-hydrogen) atoms. The maximum absolute atomic E-state index is 12.4. The highest BCUT2D eigenvalue weighted by atomic mass is 35.5. The molecule has 2 saturated heterocycles. The number of aliphatic hydroxyl groups is 2. The predicted molar refractivity (Wildman–Crippen MR) is 162 cm³/mol. The fourth-order valence-electron chi connectivity index (χ4n) is 5.78. The van der Waals surface area contributed by atoms with E-state index in [1.54, 1.807) is 19.1 Å². The number of anilines is 2. The highest BCUT2D eigenvalue weighted by molar-refractivity contribution is 6.32. The number of carbonyl (C=O) groups is 2. The van der Waals surface area contributed by atoms with E-state index in [1.807, 2.05) is 6.07 Å². The van der Waals surface area contributed by atoms with Crippen LogP contribution in [0.15, 0.2) is 18.2 Å². The van der Waals surface area contributed by atoms with E-state index in [9.17, 15) is 19.8 Å². The highest BCUT2D eigenvalue weighted by Gasteiger charge is 2.35. The molecule has 3 atom stereocenters. The summed E-state index contributed by atoms with van der Waals surface area (Å²) in [7, 11) is 0. The third kappa shape index (κ3) is 7.61. The molecule has 14 heteroatoms. The summed E-state index contributed by atoms with van der Waals surface area (Å²) >= 11 is 12.6. The van der Waals surface area contributed by atoms with Gasteiger partial charge in [-0.05, 0) is 62.5 Å². The summed E-state index contributed by atoms with van der Waals surface area (Å²) < 4.78 is 0. The molecular formula is C28H40Cl2N8O4. The van der Waals surface area contributed by atoms with Crippen molar-refractivity contribution in [2.75, 3.05) is 49.9 Å². The number of nitrogens with one attached hydrogen (secondary N) is 1. The molecule has 0 unspecified atom stereocenters. The largest absolute Gasteiger partial charge is 0.392 e. The van der Waals surface area contributed by atoms with Gasteiger partial charge in [0.25, 0.3) is 11.8 Å². The van der Waals surface area contributed by atoms with E-state index in [0.29, 0.717) is 42.1 Å². The second kappa shape index (κ2) is 14.2. The molecule has 0 saturated carbocycles. The molecule has 0 spiro atoms. The van der Waals surface area contributed by atoms with E-state index in [1.165, 1.54) is 0 Å². The number of carbonyl (C=O) groups excluding carboxylic acids is 2. The van der Waals surface area contributed by atoms with Crippen molar-refractivity contribution in [3.63, 3.8) is 0 Å². The summed E-state index contributed by atoms with van der Waals surface area (Å²) in [6.45, 7) is 8.37. The zero-order chi connectivity index (χ0) is 30.6. The molecule has 7 N–H and O–H groups in total. The summed E-state index contributed by atoms with van der Waals surface area (Å²) in [6.07, 6.45) is 0.820. The molecule has 4 rings (SSSR count). The fourth-order valence-corrected chi connectivity index (χ4v) is 6.21. The third-order valence-electron chi connectivity index (χ3n) is 8.03. The van der Waals surface area contributed by atoms with Crippen LogP contribution in [0.4, 0.5) is 11.6 Å². The van der Waals surface area contributed by atoms with Crippen molar-refractivity contribution in [1.29, 1.82) is 0 Å². The summed E-state index contributed by atoms with van der Waals surface area (Å²) in [5, 5.41) is 22.9. The summed E-state index contributed by atoms with van der Waals surface area (Å²) in [6, 6.07) is 5.90. The van der Waals surface area contributed by atoms with Gasteiger partial charge in [0.1, 0.15) is 0 Å². The van der Waals surface area contributed by atoms with Crippen molar-refractivity contribution in [2.45, 2.75) is 63.9 Å². The molecule has 2 fully saturated rings. The molecule has 2 aromatic rings. The van der Waals surface area contributed by atoms with Crippen molar-refractivity contribution in [2.24, 2.45) is 5.73 Å². The van der Waals surface area contributed by atoms with Crippen molar-refractivity contribution in [3.8, 4) is 0 Å². The van der Waals surface area contributed by atoms with Crippen molar-refractivity contribution in [1.82, 2.24) is 25.1 Å². The summed E-state index contributed by atoms with van der Waals surface area (Å²) in [4.78, 5) is 39.7. The number of nitrogen functional groups attached to an aromatic ring is 1. The van der Waals surface area contributed by atoms with Crippen LogP contribution in [0.5, 0.6) is 0 Å². The van der Waals surface area contributed by atoms with Crippen LogP contribution < -0.4 is 21.7 Å². The van der Waals surface area contributed by atoms with Crippen molar-refractivity contribution < 1.29 is 19.8 Å². The second-order valence-corrected chi connectivity index (χ2v) is 11.8. The molecule has 3 heterocycles. The Kier molecular flexibility index (Phi) is 10.8. The monoisotopic (exact) mass is 622 g/mol. The molecule has 0 aliphatic carbocycles. The number of likely N-dealkylation sites (tertiary alicyclic amines) is 1. The molecule has 0 bridgehead atoms. The Labute approximate surface area is 256 Å². The lowest BCUT2D eigenvalue weighted by molar-refractivity contribution is -0.126. The van der Waals surface area contributed by atoms with Crippen LogP contribution in [0.1, 0.15) is 60.8 Å². The average molecular weight is 624 g/mol. The molecule has 0 radical (unpaired) electrons. The average Bonchev–Trinajstić information content (AvgIpc) is 2.97. The van der Waals surface area contributed by atoms with Crippen LogP contribution in [-0.2, 0) is 11.3 Å². The number of amides is 2. The van der Waals surface area contributed by atoms with Gasteiger partial charge in [0.05, 0.1) is 6.10 Å². The number of aromatic nitrogens is 2. The first-order valence-corrected chi connectivity index (χ1v) is 15.0. The smallest absolute Gasteiger partial charge is 0.273 e. The van der Waals surface area contributed by atoms with Gasteiger partial charge < -0.3 is 31.9 Å². The second-order valence-electron chi connectivity index (χ2n) is 11.0. The number of hydrogen-bond acceptors (Lipinski definition) is 10. The number of benzene rings is 1. The number of piperazine rings is 1. The molecule has 2 aliphatic heterocycles. The third-order valence-corrected chi connectivity index (χ3v) is 8.52. The van der Waals surface area contributed by atoms with E-state index in [4.69, 9.17) is 34.7 Å². The van der Waals surface area contributed by atoms with Gasteiger partial charge in [-0.15, -0.1) is 0 Å². The normalized spacial score (nSPS) is 20.3. The first-order valence-electron chi connectivity index (χ1n) is 14.3. The molecule has 12 nitrogen and oxygen atoms in total. The molecular weight excluding hydrogens is 583 g/mol. The Morgan fingerprint density at radius 3 is 2.50 bits per heavy atom. The Morgan fingerprint density at radius 2 is 1.86 bits per heavy atom. The zero-order valence-electron chi connectivity index (χ0n) is 24.0. The molecule has 1 aromatic heterocycles. The van der Waals surface area contributed by atoms with Crippen LogP contribution >= 0.6 is 23.2 Å². The van der Waals surface area contributed by atoms with Crippen LogP contribution in [0.25, 0.3) is 0 Å². The Hall–Kier alpha value is -2.74. The topological polar surface area (TPSA) is 174 Å². The van der Waals surface area contributed by atoms with Gasteiger partial charge in [-0.25, -0.2) is 9.97 Å². The van der Waals surface area contributed by atoms with Gasteiger partial charge in [0.15, 0.2) is 28.6 Å². The van der Waals surface area contributed by atoms with Crippen molar-refractivity contribution >= 4 is 46.7 Å². The van der Waals surface area contributed by atoms with E-state index < -0.39 is 24.0 Å². The lowest BCUT2D eigenvalue weighted by atomic mass is 9.96. The zero-order valence-corrected chi connectivity index (χ0v) is 25.5. The van der Waals surface area contributed by atoms with E-state index in [0.717, 1.165) is 44.5 Å². The van der Waals surface area contributed by atoms with Crippen LogP contribution in [0, 0.1) is 0 Å². The Balaban J connectivity index is 1.37. The number of halogens is 2. The first-order chi connectivity index (χ1) is 20.0. The number of primary amides is 1. The van der Waals surface area contributed by atoms with Crippen molar-refractivity contribution in [3.05, 3.63) is 45.2 Å². The minimum Gasteiger partial charge on any atom is -0.392 e. The Bertz CT molecular complexity index is 1270. The van der Waals surface area contributed by atoms with E-state index in [-0.39, 0.29) is 29.3 Å². The maximum Gasteiger partial charge on any atom is 0.273 e. The number of piperidine rings is 1. The van der Waals surface area contributed by atoms with E-state index >= 15 is 0 Å². The molecule has 2 amide bonds. The van der Waals surface area contributed by atoms with Gasteiger partial charge in [-0.3, -0.25) is 19.4 Å². The number of rotatable bonds is 10. The Morgan fingerprint density at radius 1 is 1.14 bits per heavy atom. The predicted octanol–water partition coefficient (Wildman–Crippen LogP) is 1.56. The van der Waals surface area contributed by atoms with Gasteiger partial charge in [0, 0.05) is 49.8 Å². The van der Waals surface area contributed by atoms with Gasteiger partial charge >= 0.3 is 0 Å². The van der Waals surface area contributed by atoms with Crippen LogP contribution in [-0.4, -0.2) is 99.3 Å². The first kappa shape index (κ1) is 32.2. The molecule has 2 aliphatic rings. The van der Waals surface area contributed by atoms with Gasteiger partial charge in [-0.2, -0.15) is 0 Å². The van der Waals surface area contributed by atoms with Crippen LogP contribution in [0.2, 0.25) is 10.2 Å². The summed E-state index contributed by atoms with van der Waals surface area (Å²) in [5.41, 5.74) is 12.7. The molecule has 230 valence electrons. The molecule has 1 aromatic carbocycles. The SMILES string of the molecule is CC[C@H]1CN(c2nc(N)c(C(=O)NC[C@@H](C)O)nc2Cl)CCN1C1CCN(Cc2ccc(Cl)cc2[C@@H](O)C(N)=O)CC1. The van der Waals surface area contributed by atoms with Gasteiger partial charge in [-0.1, -0.05) is 36.2 Å². The number of nitrogens with two attached hydrogens (primary N) is 2. The minimum absolute atomic E-state index is 0.00691. The number of aliphatic hydroxyl groups excluding tert-OH is 2. The van der Waals surface area contributed by atoms with Gasteiger partial charge in [0.2, 0.25) is 0 Å². The maximum atomic E-state index is 12.4. The standard InChI is InChI=1S/C28H40Cl2N8O4/c1-3-19-15-37(27-24(30)34-22(25(31)35-27)28(42)33-13-16(2)39)10-11-38(19)20-6-8-36(9-7-20)14-17-4-5-18(29)12-21(17)23(40)26(32)41/h4-5,12,16,19-20,23,39-40H,3,6-11,13-15H2,1-2H3,(H2,31,35)(H2,32,41)(H,33,42)/t16-,19+,23-/m1/s1. The fraction of sp³-hybridized carbons (Fsp3) is 0.571. The van der Waals surface area contributed by atoms with Crippen LogP contribution in [0.3, 0.4) is 0 Å². The quantitative estimate of drug-likeness (QED) is 0.261. The number of hydrogen-bond donors (Lipinski definition) is 5.